The molecular weight excluding hydrogens is 369 g/mol. The lowest BCUT2D eigenvalue weighted by Gasteiger charge is -2.36. The molecule has 2 aromatic carbocycles. The van der Waals surface area contributed by atoms with Crippen molar-refractivity contribution in [3.8, 4) is 0 Å². The minimum atomic E-state index is -1.07. The van der Waals surface area contributed by atoms with E-state index in [1.807, 2.05) is 6.92 Å². The smallest absolute Gasteiger partial charge is 0.254 e. The molecule has 0 bridgehead atoms. The van der Waals surface area contributed by atoms with Gasteiger partial charge in [-0.1, -0.05) is 6.92 Å². The fourth-order valence-corrected chi connectivity index (χ4v) is 3.27. The number of piperazine rings is 1. The van der Waals surface area contributed by atoms with Crippen LogP contribution in [-0.4, -0.2) is 42.8 Å². The summed E-state index contributed by atoms with van der Waals surface area (Å²) >= 11 is 0. The van der Waals surface area contributed by atoms with E-state index in [0.717, 1.165) is 12.1 Å². The second kappa shape index (κ2) is 8.46. The first-order chi connectivity index (χ1) is 13.4. The highest BCUT2D eigenvalue weighted by molar-refractivity contribution is 5.96. The number of hydrogen-bond donors (Lipinski definition) is 0. The fourth-order valence-electron chi connectivity index (χ4n) is 3.27. The molecule has 148 valence electrons. The molecule has 0 atom stereocenters. The van der Waals surface area contributed by atoms with Crippen molar-refractivity contribution in [1.82, 2.24) is 4.90 Å². The van der Waals surface area contributed by atoms with Crippen LogP contribution in [0.4, 0.5) is 18.9 Å². The van der Waals surface area contributed by atoms with Crippen molar-refractivity contribution < 1.29 is 22.8 Å². The summed E-state index contributed by atoms with van der Waals surface area (Å²) in [7, 11) is 0. The molecule has 28 heavy (non-hydrogen) atoms. The third-order valence-corrected chi connectivity index (χ3v) is 4.82. The fraction of sp³-hybridized carbons (Fsp3) is 0.333. The molecule has 0 N–H and O–H groups in total. The predicted octanol–water partition coefficient (Wildman–Crippen LogP) is 4.05. The van der Waals surface area contributed by atoms with E-state index in [-0.39, 0.29) is 17.3 Å². The summed E-state index contributed by atoms with van der Waals surface area (Å²) in [6.07, 6.45) is 1.08. The van der Waals surface area contributed by atoms with E-state index in [9.17, 15) is 22.8 Å². The number of halogens is 3. The number of ketones is 1. The monoisotopic (exact) mass is 390 g/mol. The maximum atomic E-state index is 14.5. The molecule has 1 aliphatic heterocycles. The molecule has 1 amide bonds. The molecular formula is C21H21F3N2O2. The van der Waals surface area contributed by atoms with Crippen LogP contribution in [0.2, 0.25) is 0 Å². The summed E-state index contributed by atoms with van der Waals surface area (Å²) < 4.78 is 40.9. The molecule has 0 unspecified atom stereocenters. The van der Waals surface area contributed by atoms with Gasteiger partial charge in [0.25, 0.3) is 5.91 Å². The van der Waals surface area contributed by atoms with Gasteiger partial charge < -0.3 is 9.80 Å². The molecule has 1 heterocycles. The molecule has 1 saturated heterocycles. The second-order valence-electron chi connectivity index (χ2n) is 6.75. The minimum absolute atomic E-state index is 0.0809. The Labute approximate surface area is 161 Å². The van der Waals surface area contributed by atoms with Crippen LogP contribution in [0.3, 0.4) is 0 Å². The number of carbonyl (C=O) groups excluding carboxylic acids is 2. The minimum Gasteiger partial charge on any atom is -0.366 e. The zero-order valence-electron chi connectivity index (χ0n) is 15.6. The van der Waals surface area contributed by atoms with Gasteiger partial charge in [-0.05, 0) is 42.8 Å². The Kier molecular flexibility index (Phi) is 6.02. The third kappa shape index (κ3) is 4.18. The van der Waals surface area contributed by atoms with Gasteiger partial charge in [0, 0.05) is 43.7 Å². The predicted molar refractivity (Wildman–Crippen MR) is 100 cm³/mol. The lowest BCUT2D eigenvalue weighted by Crippen LogP contribution is -2.49. The Morgan fingerprint density at radius 3 is 2.11 bits per heavy atom. The second-order valence-corrected chi connectivity index (χ2v) is 6.75. The Hall–Kier alpha value is -2.83. The number of carbonyl (C=O) groups is 2. The standard InChI is InChI=1S/C21H21F3N2O2/c1-2-3-20(27)14-5-7-19(18(24)12-14)25-8-10-26(11-9-25)21(28)15-4-6-16(22)17(23)13-15/h4-7,12-13H,2-3,8-11H2,1H3. The van der Waals surface area contributed by atoms with Gasteiger partial charge in [0.1, 0.15) is 5.82 Å². The highest BCUT2D eigenvalue weighted by Gasteiger charge is 2.24. The molecule has 0 aliphatic carbocycles. The highest BCUT2D eigenvalue weighted by atomic mass is 19.2. The SMILES string of the molecule is CCCC(=O)c1ccc(N2CCN(C(=O)c3ccc(F)c(F)c3)CC2)c(F)c1. The van der Waals surface area contributed by atoms with Crippen LogP contribution < -0.4 is 4.90 Å². The molecule has 0 aromatic heterocycles. The number of hydrogen-bond acceptors (Lipinski definition) is 3. The highest BCUT2D eigenvalue weighted by Crippen LogP contribution is 2.23. The summed E-state index contributed by atoms with van der Waals surface area (Å²) in [4.78, 5) is 27.7. The molecule has 1 aliphatic rings. The Balaban J connectivity index is 1.65. The summed E-state index contributed by atoms with van der Waals surface area (Å²) in [5.74, 6) is -3.02. The first-order valence-corrected chi connectivity index (χ1v) is 9.22. The van der Waals surface area contributed by atoms with E-state index in [1.54, 1.807) is 17.0 Å². The van der Waals surface area contributed by atoms with Crippen molar-refractivity contribution in [3.63, 3.8) is 0 Å². The zero-order valence-corrected chi connectivity index (χ0v) is 15.6. The first kappa shape index (κ1) is 19.9. The van der Waals surface area contributed by atoms with Crippen molar-refractivity contribution in [2.75, 3.05) is 31.1 Å². The Morgan fingerprint density at radius 2 is 1.50 bits per heavy atom. The summed E-state index contributed by atoms with van der Waals surface area (Å²) in [5.41, 5.74) is 0.820. The van der Waals surface area contributed by atoms with E-state index >= 15 is 0 Å². The van der Waals surface area contributed by atoms with Crippen molar-refractivity contribution in [3.05, 3.63) is 65.0 Å². The van der Waals surface area contributed by atoms with Gasteiger partial charge in [-0.3, -0.25) is 9.59 Å². The van der Waals surface area contributed by atoms with Gasteiger partial charge >= 0.3 is 0 Å². The quantitative estimate of drug-likeness (QED) is 0.724. The molecule has 7 heteroatoms. The number of benzene rings is 2. The van der Waals surface area contributed by atoms with Crippen LogP contribution >= 0.6 is 0 Å². The van der Waals surface area contributed by atoms with Crippen molar-refractivity contribution >= 4 is 17.4 Å². The maximum absolute atomic E-state index is 14.5. The lowest BCUT2D eigenvalue weighted by atomic mass is 10.1. The van der Waals surface area contributed by atoms with Gasteiger partial charge in [-0.15, -0.1) is 0 Å². The van der Waals surface area contributed by atoms with Gasteiger partial charge in [-0.25, -0.2) is 13.2 Å². The van der Waals surface area contributed by atoms with E-state index in [1.165, 1.54) is 17.0 Å². The van der Waals surface area contributed by atoms with Gasteiger partial charge in [-0.2, -0.15) is 0 Å². The number of nitrogens with zero attached hydrogens (tertiary/aromatic N) is 2. The van der Waals surface area contributed by atoms with Crippen LogP contribution in [0.25, 0.3) is 0 Å². The molecule has 3 rings (SSSR count). The van der Waals surface area contributed by atoms with Crippen LogP contribution in [0, 0.1) is 17.5 Å². The third-order valence-electron chi connectivity index (χ3n) is 4.82. The zero-order chi connectivity index (χ0) is 20.3. The van der Waals surface area contributed by atoms with Crippen LogP contribution in [-0.2, 0) is 0 Å². The average Bonchev–Trinajstić information content (AvgIpc) is 2.70. The number of anilines is 1. The van der Waals surface area contributed by atoms with Gasteiger partial charge in [0.2, 0.25) is 0 Å². The Morgan fingerprint density at radius 1 is 0.857 bits per heavy atom. The van der Waals surface area contributed by atoms with E-state index < -0.39 is 17.5 Å². The summed E-state index contributed by atoms with van der Waals surface area (Å²) in [6, 6.07) is 7.52. The molecule has 4 nitrogen and oxygen atoms in total. The topological polar surface area (TPSA) is 40.6 Å². The summed E-state index contributed by atoms with van der Waals surface area (Å²) in [6.45, 7) is 3.34. The number of amides is 1. The van der Waals surface area contributed by atoms with Crippen LogP contribution in [0.1, 0.15) is 40.5 Å². The van der Waals surface area contributed by atoms with Crippen LogP contribution in [0.5, 0.6) is 0 Å². The average molecular weight is 390 g/mol. The van der Waals surface area contributed by atoms with Gasteiger partial charge in [0.05, 0.1) is 5.69 Å². The number of rotatable bonds is 5. The molecule has 2 aromatic rings. The maximum Gasteiger partial charge on any atom is 0.254 e. The normalized spacial score (nSPS) is 14.3. The van der Waals surface area contributed by atoms with Crippen LogP contribution in [0.15, 0.2) is 36.4 Å². The molecule has 0 saturated carbocycles. The Bertz CT molecular complexity index is 893. The number of Topliss-reactive ketones (excluding diaryl/α,β-unsaturated/α-hetero) is 1. The first-order valence-electron chi connectivity index (χ1n) is 9.22. The molecule has 1 fully saturated rings. The van der Waals surface area contributed by atoms with Crippen molar-refractivity contribution in [1.29, 1.82) is 0 Å². The van der Waals surface area contributed by atoms with E-state index in [2.05, 4.69) is 0 Å². The van der Waals surface area contributed by atoms with Crippen molar-refractivity contribution in [2.45, 2.75) is 19.8 Å². The van der Waals surface area contributed by atoms with E-state index in [4.69, 9.17) is 0 Å². The van der Waals surface area contributed by atoms with Gasteiger partial charge in [0.15, 0.2) is 17.4 Å². The molecule has 0 spiro atoms. The lowest BCUT2D eigenvalue weighted by molar-refractivity contribution is 0.0745. The van der Waals surface area contributed by atoms with Crippen molar-refractivity contribution in [2.24, 2.45) is 0 Å². The molecule has 0 radical (unpaired) electrons. The largest absolute Gasteiger partial charge is 0.366 e. The van der Waals surface area contributed by atoms with E-state index in [0.29, 0.717) is 50.3 Å². The summed E-state index contributed by atoms with van der Waals surface area (Å²) in [5, 5.41) is 0.